The fraction of sp³-hybridized carbons (Fsp3) is 0.235. The molecular formula is C17H17FN2S. The number of aryl methyl sites for hydroxylation is 1. The van der Waals surface area contributed by atoms with Crippen LogP contribution in [0.3, 0.4) is 0 Å². The van der Waals surface area contributed by atoms with Crippen molar-refractivity contribution in [1.82, 2.24) is 4.98 Å². The van der Waals surface area contributed by atoms with Gasteiger partial charge in [0.15, 0.2) is 0 Å². The van der Waals surface area contributed by atoms with Gasteiger partial charge in [0.1, 0.15) is 10.8 Å². The normalized spacial score (nSPS) is 11.2. The molecule has 0 unspecified atom stereocenters. The lowest BCUT2D eigenvalue weighted by Gasteiger charge is -2.04. The van der Waals surface area contributed by atoms with E-state index >= 15 is 0 Å². The molecule has 0 spiro atoms. The van der Waals surface area contributed by atoms with Gasteiger partial charge in [0.05, 0.1) is 5.69 Å². The highest BCUT2D eigenvalue weighted by molar-refractivity contribution is 7.15. The van der Waals surface area contributed by atoms with Crippen LogP contribution >= 0.6 is 11.3 Å². The summed E-state index contributed by atoms with van der Waals surface area (Å²) >= 11 is 1.61. The average Bonchev–Trinajstić information content (AvgIpc) is 2.91. The van der Waals surface area contributed by atoms with Crippen LogP contribution in [0.1, 0.15) is 23.9 Å². The minimum atomic E-state index is -0.196. The number of fused-ring (bicyclic) bond motifs is 1. The monoisotopic (exact) mass is 300 g/mol. The zero-order valence-corrected chi connectivity index (χ0v) is 12.7. The van der Waals surface area contributed by atoms with Crippen molar-refractivity contribution < 1.29 is 4.39 Å². The molecular weight excluding hydrogens is 283 g/mol. The number of nitrogens with zero attached hydrogens (tertiary/aromatic N) is 1. The van der Waals surface area contributed by atoms with E-state index in [1.54, 1.807) is 17.4 Å². The first kappa shape index (κ1) is 14.2. The SMILES string of the molecule is CCCc1nc(-c2ccc(F)c3ccccc23)sc1CN. The van der Waals surface area contributed by atoms with E-state index in [9.17, 15) is 4.39 Å². The molecule has 3 aromatic rings. The fourth-order valence-corrected chi connectivity index (χ4v) is 3.56. The van der Waals surface area contributed by atoms with Crippen molar-refractivity contribution in [3.05, 3.63) is 52.8 Å². The highest BCUT2D eigenvalue weighted by atomic mass is 32.1. The molecule has 0 saturated carbocycles. The zero-order chi connectivity index (χ0) is 14.8. The molecule has 0 aliphatic rings. The Balaban J connectivity index is 2.19. The van der Waals surface area contributed by atoms with Gasteiger partial charge in [-0.25, -0.2) is 9.37 Å². The highest BCUT2D eigenvalue weighted by Gasteiger charge is 2.14. The molecule has 2 aromatic carbocycles. The van der Waals surface area contributed by atoms with Crippen LogP contribution < -0.4 is 5.73 Å². The molecule has 2 nitrogen and oxygen atoms in total. The summed E-state index contributed by atoms with van der Waals surface area (Å²) in [7, 11) is 0. The van der Waals surface area contributed by atoms with Gasteiger partial charge in [-0.15, -0.1) is 11.3 Å². The number of thiazole rings is 1. The van der Waals surface area contributed by atoms with Crippen LogP contribution in [0, 0.1) is 5.82 Å². The lowest BCUT2D eigenvalue weighted by molar-refractivity contribution is 0.640. The van der Waals surface area contributed by atoms with Crippen molar-refractivity contribution >= 4 is 22.1 Å². The standard InChI is InChI=1S/C17H17FN2S/c1-2-5-15-16(10-19)21-17(20-15)13-8-9-14(18)12-7-4-3-6-11(12)13/h3-4,6-9H,2,5,10,19H2,1H3. The van der Waals surface area contributed by atoms with Gasteiger partial charge >= 0.3 is 0 Å². The maximum atomic E-state index is 13.9. The van der Waals surface area contributed by atoms with Gasteiger partial charge in [-0.2, -0.15) is 0 Å². The second-order valence-corrected chi connectivity index (χ2v) is 6.07. The summed E-state index contributed by atoms with van der Waals surface area (Å²) in [5.74, 6) is -0.196. The fourth-order valence-electron chi connectivity index (χ4n) is 2.54. The lowest BCUT2D eigenvalue weighted by Crippen LogP contribution is -1.97. The van der Waals surface area contributed by atoms with E-state index in [0.717, 1.165) is 39.4 Å². The topological polar surface area (TPSA) is 38.9 Å². The summed E-state index contributed by atoms with van der Waals surface area (Å²) in [6.45, 7) is 2.64. The van der Waals surface area contributed by atoms with E-state index in [1.165, 1.54) is 6.07 Å². The van der Waals surface area contributed by atoms with E-state index in [1.807, 2.05) is 24.3 Å². The van der Waals surface area contributed by atoms with Gasteiger partial charge in [0.25, 0.3) is 0 Å². The quantitative estimate of drug-likeness (QED) is 0.769. The molecule has 0 aliphatic carbocycles. The Bertz CT molecular complexity index is 780. The third-order valence-electron chi connectivity index (χ3n) is 3.55. The van der Waals surface area contributed by atoms with E-state index in [0.29, 0.717) is 11.9 Å². The Morgan fingerprint density at radius 1 is 1.14 bits per heavy atom. The van der Waals surface area contributed by atoms with E-state index in [2.05, 4.69) is 6.92 Å². The number of benzene rings is 2. The number of halogens is 1. The third kappa shape index (κ3) is 2.57. The molecule has 1 aromatic heterocycles. The van der Waals surface area contributed by atoms with Crippen LogP contribution in [0.5, 0.6) is 0 Å². The second-order valence-electron chi connectivity index (χ2n) is 4.98. The molecule has 0 radical (unpaired) electrons. The summed E-state index contributed by atoms with van der Waals surface area (Å²) in [6, 6.07) is 10.9. The molecule has 21 heavy (non-hydrogen) atoms. The predicted molar refractivity (Wildman–Crippen MR) is 86.9 cm³/mol. The summed E-state index contributed by atoms with van der Waals surface area (Å²) < 4.78 is 13.9. The first-order valence-electron chi connectivity index (χ1n) is 7.10. The van der Waals surface area contributed by atoms with Crippen molar-refractivity contribution in [3.8, 4) is 10.6 Å². The molecule has 0 atom stereocenters. The van der Waals surface area contributed by atoms with Crippen LogP contribution in [0.25, 0.3) is 21.3 Å². The predicted octanol–water partition coefficient (Wildman–Crippen LogP) is 4.51. The van der Waals surface area contributed by atoms with Crippen LogP contribution in [-0.4, -0.2) is 4.98 Å². The summed E-state index contributed by atoms with van der Waals surface area (Å²) in [4.78, 5) is 5.86. The Morgan fingerprint density at radius 2 is 1.90 bits per heavy atom. The largest absolute Gasteiger partial charge is 0.326 e. The van der Waals surface area contributed by atoms with Crippen LogP contribution in [0.4, 0.5) is 4.39 Å². The number of hydrogen-bond acceptors (Lipinski definition) is 3. The highest BCUT2D eigenvalue weighted by Crippen LogP contribution is 2.34. The van der Waals surface area contributed by atoms with Crippen molar-refractivity contribution in [3.63, 3.8) is 0 Å². The molecule has 0 bridgehead atoms. The minimum absolute atomic E-state index is 0.196. The first-order chi connectivity index (χ1) is 10.2. The van der Waals surface area contributed by atoms with Crippen molar-refractivity contribution in [1.29, 1.82) is 0 Å². The molecule has 1 heterocycles. The molecule has 3 rings (SSSR count). The van der Waals surface area contributed by atoms with E-state index < -0.39 is 0 Å². The molecule has 2 N–H and O–H groups in total. The lowest BCUT2D eigenvalue weighted by atomic mass is 10.0. The third-order valence-corrected chi connectivity index (χ3v) is 4.70. The van der Waals surface area contributed by atoms with Crippen molar-refractivity contribution in [2.45, 2.75) is 26.3 Å². The van der Waals surface area contributed by atoms with Gasteiger partial charge in [0.2, 0.25) is 0 Å². The number of rotatable bonds is 4. The summed E-state index contributed by atoms with van der Waals surface area (Å²) in [5, 5.41) is 2.46. The maximum Gasteiger partial charge on any atom is 0.131 e. The van der Waals surface area contributed by atoms with Crippen LogP contribution in [-0.2, 0) is 13.0 Å². The molecule has 108 valence electrons. The Hall–Kier alpha value is -1.78. The van der Waals surface area contributed by atoms with Gasteiger partial charge in [-0.1, -0.05) is 37.6 Å². The Labute approximate surface area is 127 Å². The molecule has 0 fully saturated rings. The number of hydrogen-bond donors (Lipinski definition) is 1. The molecule has 0 amide bonds. The van der Waals surface area contributed by atoms with Crippen molar-refractivity contribution in [2.24, 2.45) is 5.73 Å². The minimum Gasteiger partial charge on any atom is -0.326 e. The number of aromatic nitrogens is 1. The van der Waals surface area contributed by atoms with Gasteiger partial charge in [-0.3, -0.25) is 0 Å². The first-order valence-corrected chi connectivity index (χ1v) is 7.92. The smallest absolute Gasteiger partial charge is 0.131 e. The Kier molecular flexibility index (Phi) is 3.99. The van der Waals surface area contributed by atoms with E-state index in [-0.39, 0.29) is 5.82 Å². The second kappa shape index (κ2) is 5.92. The van der Waals surface area contributed by atoms with Gasteiger partial charge in [-0.05, 0) is 23.9 Å². The van der Waals surface area contributed by atoms with Crippen molar-refractivity contribution in [2.75, 3.05) is 0 Å². The zero-order valence-electron chi connectivity index (χ0n) is 11.9. The Morgan fingerprint density at radius 3 is 2.62 bits per heavy atom. The summed E-state index contributed by atoms with van der Waals surface area (Å²) in [5.41, 5.74) is 7.88. The number of nitrogens with two attached hydrogens (primary N) is 1. The van der Waals surface area contributed by atoms with Crippen LogP contribution in [0.2, 0.25) is 0 Å². The van der Waals surface area contributed by atoms with Gasteiger partial charge < -0.3 is 5.73 Å². The van der Waals surface area contributed by atoms with Crippen LogP contribution in [0.15, 0.2) is 36.4 Å². The average molecular weight is 300 g/mol. The molecule has 0 saturated heterocycles. The molecule has 0 aliphatic heterocycles. The maximum absolute atomic E-state index is 13.9. The molecule has 4 heteroatoms. The van der Waals surface area contributed by atoms with E-state index in [4.69, 9.17) is 10.7 Å². The summed E-state index contributed by atoms with van der Waals surface area (Å²) in [6.07, 6.45) is 1.97. The van der Waals surface area contributed by atoms with Gasteiger partial charge in [0, 0.05) is 22.4 Å².